The van der Waals surface area contributed by atoms with Crippen molar-refractivity contribution in [1.82, 2.24) is 9.55 Å². The van der Waals surface area contributed by atoms with Crippen LogP contribution in [0.15, 0.2) is 29.1 Å². The number of hydrogen-bond acceptors (Lipinski definition) is 4. The van der Waals surface area contributed by atoms with Crippen molar-refractivity contribution in [3.05, 3.63) is 57.3 Å². The summed E-state index contributed by atoms with van der Waals surface area (Å²) >= 11 is 0. The van der Waals surface area contributed by atoms with Crippen molar-refractivity contribution in [3.8, 4) is 11.8 Å². The van der Waals surface area contributed by atoms with Gasteiger partial charge in [0.25, 0.3) is 0 Å². The zero-order valence-electron chi connectivity index (χ0n) is 11.7. The van der Waals surface area contributed by atoms with E-state index in [9.17, 15) is 4.79 Å². The Morgan fingerprint density at radius 1 is 1.35 bits per heavy atom. The highest BCUT2D eigenvalue weighted by atomic mass is 16.5. The second-order valence-corrected chi connectivity index (χ2v) is 4.55. The van der Waals surface area contributed by atoms with E-state index in [-0.39, 0.29) is 5.69 Å². The first kappa shape index (κ1) is 13.8. The molecule has 0 spiro atoms. The van der Waals surface area contributed by atoms with Gasteiger partial charge in [0, 0.05) is 11.4 Å². The van der Waals surface area contributed by atoms with Crippen LogP contribution in [0.25, 0.3) is 0 Å². The minimum Gasteiger partial charge on any atom is -0.495 e. The normalized spacial score (nSPS) is 10.1. The minimum atomic E-state index is -0.272. The van der Waals surface area contributed by atoms with Crippen molar-refractivity contribution < 1.29 is 4.74 Å². The average molecular weight is 269 g/mol. The van der Waals surface area contributed by atoms with Crippen LogP contribution in [0.4, 0.5) is 0 Å². The van der Waals surface area contributed by atoms with Gasteiger partial charge in [-0.25, -0.2) is 4.79 Å². The summed E-state index contributed by atoms with van der Waals surface area (Å²) in [5.41, 5.74) is 2.65. The SMILES string of the molecule is COc1cc(Cn2c(C)cc(C)nc2=O)ccc1C#N. The maximum atomic E-state index is 11.9. The van der Waals surface area contributed by atoms with Crippen molar-refractivity contribution in [2.45, 2.75) is 20.4 Å². The van der Waals surface area contributed by atoms with Gasteiger partial charge in [-0.2, -0.15) is 10.2 Å². The summed E-state index contributed by atoms with van der Waals surface area (Å²) in [5, 5.41) is 8.95. The van der Waals surface area contributed by atoms with E-state index >= 15 is 0 Å². The third kappa shape index (κ3) is 2.69. The standard InChI is InChI=1S/C15H15N3O2/c1-10-6-11(2)18(15(19)17-10)9-12-4-5-13(8-16)14(7-12)20-3/h4-7H,9H2,1-3H3. The largest absolute Gasteiger partial charge is 0.495 e. The van der Waals surface area contributed by atoms with Crippen molar-refractivity contribution in [3.63, 3.8) is 0 Å². The van der Waals surface area contributed by atoms with Crippen LogP contribution in [0.5, 0.6) is 5.75 Å². The fraction of sp³-hybridized carbons (Fsp3) is 0.267. The fourth-order valence-electron chi connectivity index (χ4n) is 2.08. The lowest BCUT2D eigenvalue weighted by Gasteiger charge is -2.11. The number of rotatable bonds is 3. The minimum absolute atomic E-state index is 0.272. The van der Waals surface area contributed by atoms with Gasteiger partial charge in [0.05, 0.1) is 19.2 Å². The molecule has 102 valence electrons. The van der Waals surface area contributed by atoms with Gasteiger partial charge >= 0.3 is 5.69 Å². The molecule has 1 aromatic heterocycles. The molecule has 0 aliphatic carbocycles. The number of aryl methyl sites for hydroxylation is 2. The molecule has 0 saturated heterocycles. The van der Waals surface area contributed by atoms with Crippen LogP contribution in [0, 0.1) is 25.2 Å². The molecule has 5 heteroatoms. The maximum absolute atomic E-state index is 11.9. The average Bonchev–Trinajstić information content (AvgIpc) is 2.42. The number of hydrogen-bond donors (Lipinski definition) is 0. The van der Waals surface area contributed by atoms with Crippen LogP contribution in [0.3, 0.4) is 0 Å². The third-order valence-electron chi connectivity index (χ3n) is 3.07. The molecule has 0 saturated carbocycles. The van der Waals surface area contributed by atoms with E-state index in [0.29, 0.717) is 23.6 Å². The van der Waals surface area contributed by atoms with Crippen molar-refractivity contribution in [2.24, 2.45) is 0 Å². The van der Waals surface area contributed by atoms with Gasteiger partial charge in [0.15, 0.2) is 0 Å². The van der Waals surface area contributed by atoms with Gasteiger partial charge in [-0.15, -0.1) is 0 Å². The first-order valence-electron chi connectivity index (χ1n) is 6.17. The molecule has 0 aliphatic heterocycles. The fourth-order valence-corrected chi connectivity index (χ4v) is 2.08. The predicted molar refractivity (Wildman–Crippen MR) is 74.8 cm³/mol. The summed E-state index contributed by atoms with van der Waals surface area (Å²) in [6, 6.07) is 9.20. The highest BCUT2D eigenvalue weighted by Gasteiger charge is 2.07. The number of ether oxygens (including phenoxy) is 1. The molecule has 2 aromatic rings. The molecule has 0 bridgehead atoms. The van der Waals surface area contributed by atoms with E-state index in [1.807, 2.05) is 19.1 Å². The number of nitrogens with zero attached hydrogens (tertiary/aromatic N) is 3. The first-order valence-corrected chi connectivity index (χ1v) is 6.17. The van der Waals surface area contributed by atoms with Gasteiger partial charge < -0.3 is 4.74 Å². The third-order valence-corrected chi connectivity index (χ3v) is 3.07. The predicted octanol–water partition coefficient (Wildman–Crippen LogP) is 1.79. The summed E-state index contributed by atoms with van der Waals surface area (Å²) in [4.78, 5) is 15.8. The quantitative estimate of drug-likeness (QED) is 0.852. The summed E-state index contributed by atoms with van der Waals surface area (Å²) in [5.74, 6) is 0.510. The Morgan fingerprint density at radius 2 is 2.10 bits per heavy atom. The Balaban J connectivity index is 2.41. The van der Waals surface area contributed by atoms with E-state index < -0.39 is 0 Å². The van der Waals surface area contributed by atoms with E-state index in [4.69, 9.17) is 10.00 Å². The molecule has 1 aromatic carbocycles. The lowest BCUT2D eigenvalue weighted by atomic mass is 10.1. The van der Waals surface area contributed by atoms with Crippen LogP contribution in [0.1, 0.15) is 22.5 Å². The Kier molecular flexibility index (Phi) is 3.85. The summed E-state index contributed by atoms with van der Waals surface area (Å²) < 4.78 is 6.76. The van der Waals surface area contributed by atoms with E-state index in [1.54, 1.807) is 23.6 Å². The zero-order valence-corrected chi connectivity index (χ0v) is 11.7. The second-order valence-electron chi connectivity index (χ2n) is 4.55. The summed E-state index contributed by atoms with van der Waals surface area (Å²) in [7, 11) is 1.52. The lowest BCUT2D eigenvalue weighted by molar-refractivity contribution is 0.412. The lowest BCUT2D eigenvalue weighted by Crippen LogP contribution is -2.26. The Hall–Kier alpha value is -2.61. The van der Waals surface area contributed by atoms with E-state index in [0.717, 1.165) is 11.3 Å². The second kappa shape index (κ2) is 5.57. The van der Waals surface area contributed by atoms with Gasteiger partial charge in [-0.3, -0.25) is 4.57 Å². The molecule has 0 N–H and O–H groups in total. The molecule has 0 aliphatic rings. The molecule has 0 amide bonds. The van der Waals surface area contributed by atoms with Crippen LogP contribution in [0.2, 0.25) is 0 Å². The molecule has 0 atom stereocenters. The Morgan fingerprint density at radius 3 is 2.70 bits per heavy atom. The van der Waals surface area contributed by atoms with E-state index in [2.05, 4.69) is 11.1 Å². The molecule has 20 heavy (non-hydrogen) atoms. The molecule has 0 unspecified atom stereocenters. The van der Waals surface area contributed by atoms with Crippen molar-refractivity contribution in [2.75, 3.05) is 7.11 Å². The topological polar surface area (TPSA) is 67.9 Å². The smallest absolute Gasteiger partial charge is 0.348 e. The molecule has 2 rings (SSSR count). The monoisotopic (exact) mass is 269 g/mol. The Labute approximate surface area is 117 Å². The molecular formula is C15H15N3O2. The molecule has 1 heterocycles. The molecule has 0 radical (unpaired) electrons. The summed E-state index contributed by atoms with van der Waals surface area (Å²) in [6.07, 6.45) is 0. The number of methoxy groups -OCH3 is 1. The van der Waals surface area contributed by atoms with Crippen LogP contribution in [-0.4, -0.2) is 16.7 Å². The highest BCUT2D eigenvalue weighted by Crippen LogP contribution is 2.19. The van der Waals surface area contributed by atoms with Gasteiger partial charge in [-0.05, 0) is 37.6 Å². The maximum Gasteiger partial charge on any atom is 0.348 e. The number of benzene rings is 1. The summed E-state index contributed by atoms with van der Waals surface area (Å²) in [6.45, 7) is 4.07. The molecular weight excluding hydrogens is 254 g/mol. The van der Waals surface area contributed by atoms with Crippen LogP contribution >= 0.6 is 0 Å². The van der Waals surface area contributed by atoms with Gasteiger partial charge in [0.2, 0.25) is 0 Å². The molecule has 5 nitrogen and oxygen atoms in total. The van der Waals surface area contributed by atoms with Gasteiger partial charge in [-0.1, -0.05) is 6.07 Å². The highest BCUT2D eigenvalue weighted by molar-refractivity contribution is 5.45. The molecule has 0 fully saturated rings. The Bertz CT molecular complexity index is 742. The van der Waals surface area contributed by atoms with E-state index in [1.165, 1.54) is 7.11 Å². The number of aromatic nitrogens is 2. The van der Waals surface area contributed by atoms with Crippen molar-refractivity contribution in [1.29, 1.82) is 5.26 Å². The first-order chi connectivity index (χ1) is 9.55. The zero-order chi connectivity index (χ0) is 14.7. The van der Waals surface area contributed by atoms with Crippen LogP contribution < -0.4 is 10.4 Å². The van der Waals surface area contributed by atoms with Gasteiger partial charge in [0.1, 0.15) is 11.8 Å². The van der Waals surface area contributed by atoms with Crippen molar-refractivity contribution >= 4 is 0 Å². The number of nitriles is 1. The van der Waals surface area contributed by atoms with Crippen LogP contribution in [-0.2, 0) is 6.54 Å².